The molecule has 0 radical (unpaired) electrons. The Morgan fingerprint density at radius 1 is 0.804 bits per heavy atom. The maximum Gasteiger partial charge on any atom is 0.326 e. The Bertz CT molecular complexity index is 1230. The largest absolute Gasteiger partial charge is 0.480 e. The molecule has 3 unspecified atom stereocenters. The number of thioether (sulfide) groups is 1. The minimum absolute atomic E-state index is 0.323. The average molecular weight is 799 g/mol. The van der Waals surface area contributed by atoms with Gasteiger partial charge in [-0.3, -0.25) is 9.69 Å². The monoisotopic (exact) mass is 799 g/mol. The number of hydrogen-bond acceptors (Lipinski definition) is 4. The second-order valence-electron chi connectivity index (χ2n) is 15.3. The first-order chi connectivity index (χ1) is 27.0. The van der Waals surface area contributed by atoms with Gasteiger partial charge in [0.1, 0.15) is 6.04 Å². The van der Waals surface area contributed by atoms with Crippen LogP contribution in [0.15, 0.2) is 42.5 Å². The fraction of sp³-hybridized carbons (Fsp3) is 0.720. The lowest BCUT2D eigenvalue weighted by Crippen LogP contribution is -2.41. The fourth-order valence-corrected chi connectivity index (χ4v) is 7.17. The Morgan fingerprint density at radius 2 is 1.36 bits per heavy atom. The van der Waals surface area contributed by atoms with Gasteiger partial charge in [0.15, 0.2) is 0 Å². The predicted molar refractivity (Wildman–Crippen MR) is 251 cm³/mol. The molecule has 0 aromatic heterocycles. The van der Waals surface area contributed by atoms with E-state index < -0.39 is 12.0 Å². The first-order valence-electron chi connectivity index (χ1n) is 23.0. The minimum atomic E-state index is -0.991. The summed E-state index contributed by atoms with van der Waals surface area (Å²) in [6, 6.07) is 14.7. The van der Waals surface area contributed by atoms with Gasteiger partial charge >= 0.3 is 5.97 Å². The van der Waals surface area contributed by atoms with Crippen molar-refractivity contribution >= 4 is 23.6 Å². The maximum absolute atomic E-state index is 13.5. The van der Waals surface area contributed by atoms with E-state index in [-0.39, 0.29) is 5.91 Å². The third kappa shape index (κ3) is 22.6. The van der Waals surface area contributed by atoms with Crippen LogP contribution in [0.3, 0.4) is 0 Å². The number of unbranched alkanes of at least 4 members (excludes halogenated alkanes) is 2. The number of carboxylic acid groups (broad SMARTS) is 1. The van der Waals surface area contributed by atoms with Gasteiger partial charge in [-0.1, -0.05) is 178 Å². The van der Waals surface area contributed by atoms with E-state index >= 15 is 0 Å². The quantitative estimate of drug-likeness (QED) is 0.188. The number of likely N-dealkylation sites (tertiary alicyclic amines) is 1. The number of amides is 1. The summed E-state index contributed by atoms with van der Waals surface area (Å²) in [6.07, 6.45) is 20.9. The highest BCUT2D eigenvalue weighted by Crippen LogP contribution is 2.37. The van der Waals surface area contributed by atoms with Crippen LogP contribution in [-0.4, -0.2) is 52.0 Å². The van der Waals surface area contributed by atoms with Gasteiger partial charge in [0.2, 0.25) is 0 Å². The van der Waals surface area contributed by atoms with Gasteiger partial charge in [-0.05, 0) is 97.3 Å². The van der Waals surface area contributed by atoms with E-state index in [2.05, 4.69) is 96.8 Å². The summed E-state index contributed by atoms with van der Waals surface area (Å²) in [4.78, 5) is 28.0. The molecular formula is C50H90N2O3S. The summed E-state index contributed by atoms with van der Waals surface area (Å²) in [6.45, 7) is 28.6. The van der Waals surface area contributed by atoms with Crippen molar-refractivity contribution in [2.24, 2.45) is 11.8 Å². The molecule has 2 N–H and O–H groups in total. The maximum atomic E-state index is 13.5. The lowest BCUT2D eigenvalue weighted by molar-refractivity contribution is -0.139. The summed E-state index contributed by atoms with van der Waals surface area (Å²) in [5.74, 6) is 1.11. The molecule has 1 aliphatic carbocycles. The fourth-order valence-electron chi connectivity index (χ4n) is 6.70. The molecule has 6 heteroatoms. The Labute approximate surface area is 352 Å². The molecule has 324 valence electrons. The SMILES string of the molecule is CC.CC.CCC(C)C.CCC1CCC(CC2CCCCC2)N1Cc1ccc(C(=O)NC(CCSC)C(=O)O)c(-c2ccccc2C)c1.CCCC.CCCC. The first kappa shape index (κ1) is 55.8. The summed E-state index contributed by atoms with van der Waals surface area (Å²) in [7, 11) is 0. The van der Waals surface area contributed by atoms with E-state index in [9.17, 15) is 14.7 Å². The minimum Gasteiger partial charge on any atom is -0.480 e. The van der Waals surface area contributed by atoms with Crippen molar-refractivity contribution in [1.82, 2.24) is 10.2 Å². The van der Waals surface area contributed by atoms with Gasteiger partial charge in [-0.15, -0.1) is 0 Å². The Balaban J connectivity index is 0. The number of hydrogen-bond donors (Lipinski definition) is 2. The zero-order valence-electron chi connectivity index (χ0n) is 39.1. The van der Waals surface area contributed by atoms with Crippen LogP contribution in [0.4, 0.5) is 0 Å². The highest BCUT2D eigenvalue weighted by atomic mass is 32.2. The van der Waals surface area contributed by atoms with E-state index in [1.165, 1.54) is 95.5 Å². The lowest BCUT2D eigenvalue weighted by Gasteiger charge is -2.33. The van der Waals surface area contributed by atoms with E-state index in [1.807, 2.05) is 52.1 Å². The Hall–Kier alpha value is -2.31. The van der Waals surface area contributed by atoms with Crippen LogP contribution < -0.4 is 5.32 Å². The van der Waals surface area contributed by atoms with E-state index in [0.29, 0.717) is 29.8 Å². The highest BCUT2D eigenvalue weighted by Gasteiger charge is 2.34. The van der Waals surface area contributed by atoms with Crippen LogP contribution in [0.1, 0.15) is 201 Å². The second kappa shape index (κ2) is 35.8. The van der Waals surface area contributed by atoms with Crippen molar-refractivity contribution in [1.29, 1.82) is 0 Å². The van der Waals surface area contributed by atoms with Crippen LogP contribution in [-0.2, 0) is 11.3 Å². The third-order valence-corrected chi connectivity index (χ3v) is 11.4. The zero-order chi connectivity index (χ0) is 42.9. The molecule has 4 rings (SSSR count). The predicted octanol–water partition coefficient (Wildman–Crippen LogP) is 15.0. The number of carbonyl (C=O) groups excluding carboxylic acids is 1. The smallest absolute Gasteiger partial charge is 0.326 e. The zero-order valence-corrected chi connectivity index (χ0v) is 39.9. The van der Waals surface area contributed by atoms with Gasteiger partial charge in [0, 0.05) is 24.2 Å². The van der Waals surface area contributed by atoms with Gasteiger partial charge in [-0.25, -0.2) is 4.79 Å². The molecule has 3 atom stereocenters. The van der Waals surface area contributed by atoms with Crippen LogP contribution in [0.5, 0.6) is 0 Å². The van der Waals surface area contributed by atoms with Crippen molar-refractivity contribution in [3.05, 3.63) is 59.2 Å². The number of benzene rings is 2. The van der Waals surface area contributed by atoms with Gasteiger partial charge in [-0.2, -0.15) is 11.8 Å². The van der Waals surface area contributed by atoms with Crippen molar-refractivity contribution in [3.8, 4) is 11.1 Å². The molecule has 1 saturated heterocycles. The molecular weight excluding hydrogens is 709 g/mol. The topological polar surface area (TPSA) is 69.6 Å². The number of carbonyl (C=O) groups is 2. The molecule has 1 saturated carbocycles. The van der Waals surface area contributed by atoms with Crippen LogP contribution in [0, 0.1) is 18.8 Å². The number of nitrogens with zero attached hydrogens (tertiary/aromatic N) is 1. The van der Waals surface area contributed by atoms with E-state index in [1.54, 1.807) is 11.8 Å². The van der Waals surface area contributed by atoms with Crippen LogP contribution in [0.25, 0.3) is 11.1 Å². The van der Waals surface area contributed by atoms with Crippen LogP contribution >= 0.6 is 11.8 Å². The number of rotatable bonds is 15. The molecule has 2 aliphatic rings. The molecule has 2 aromatic carbocycles. The van der Waals surface area contributed by atoms with E-state index in [0.717, 1.165) is 35.1 Å². The summed E-state index contributed by atoms with van der Waals surface area (Å²) < 4.78 is 0. The number of aliphatic carboxylic acids is 1. The average Bonchev–Trinajstić information content (AvgIpc) is 3.61. The first-order valence-corrected chi connectivity index (χ1v) is 24.4. The van der Waals surface area contributed by atoms with Gasteiger partial charge in [0.05, 0.1) is 0 Å². The lowest BCUT2D eigenvalue weighted by atomic mass is 9.84. The molecule has 0 spiro atoms. The number of nitrogens with one attached hydrogen (secondary N) is 1. The second-order valence-corrected chi connectivity index (χ2v) is 16.3. The van der Waals surface area contributed by atoms with Crippen molar-refractivity contribution in [2.45, 2.75) is 211 Å². The Morgan fingerprint density at radius 3 is 1.84 bits per heavy atom. The molecule has 56 heavy (non-hydrogen) atoms. The number of aryl methyl sites for hydroxylation is 1. The van der Waals surface area contributed by atoms with Crippen molar-refractivity contribution in [2.75, 3.05) is 12.0 Å². The third-order valence-electron chi connectivity index (χ3n) is 10.7. The standard InChI is InChI=1S/C33H46N2O3S.C5H12.2C4H10.2C2H6/c1-4-26-15-16-27(20-24-11-6-5-7-12-24)35(26)22-25-14-17-29(30(21-25)28-13-9-8-10-23(28)2)32(36)34-31(33(37)38)18-19-39-3;1-4-5(2)3;2*1-3-4-2;2*1-2/h8-10,13-14,17,21,24,26-27,31H,4-7,11-12,15-16,18-20,22H2,1-3H3,(H,34,36)(H,37,38);5H,4H2,1-3H3;2*3-4H2,1-2H3;2*1-2H3. The highest BCUT2D eigenvalue weighted by molar-refractivity contribution is 7.98. The molecule has 5 nitrogen and oxygen atoms in total. The molecule has 2 aromatic rings. The molecule has 2 fully saturated rings. The molecule has 1 amide bonds. The van der Waals surface area contributed by atoms with Gasteiger partial charge < -0.3 is 10.4 Å². The number of carboxylic acids is 1. The van der Waals surface area contributed by atoms with Crippen molar-refractivity contribution < 1.29 is 14.7 Å². The molecule has 1 aliphatic heterocycles. The normalized spacial score (nSPS) is 16.8. The molecule has 1 heterocycles. The Kier molecular flexibility index (Phi) is 35.7. The van der Waals surface area contributed by atoms with Crippen molar-refractivity contribution in [3.63, 3.8) is 0 Å². The summed E-state index contributed by atoms with van der Waals surface area (Å²) in [5, 5.41) is 12.5. The van der Waals surface area contributed by atoms with Gasteiger partial charge in [0.25, 0.3) is 5.91 Å². The van der Waals surface area contributed by atoms with Crippen LogP contribution in [0.2, 0.25) is 0 Å². The summed E-state index contributed by atoms with van der Waals surface area (Å²) in [5.41, 5.74) is 4.76. The summed E-state index contributed by atoms with van der Waals surface area (Å²) >= 11 is 1.58. The molecule has 0 bridgehead atoms. The van der Waals surface area contributed by atoms with E-state index in [4.69, 9.17) is 0 Å².